The van der Waals surface area contributed by atoms with E-state index in [1.165, 1.54) is 4.80 Å². The van der Waals surface area contributed by atoms with E-state index in [-0.39, 0.29) is 18.0 Å². The predicted octanol–water partition coefficient (Wildman–Crippen LogP) is 4.29. The SMILES string of the molecule is O=C(N[C@@H]1CCC[C@@H]1Nc1nc2ccc(Cl)cc2s1)c1ccccc1-n1nccn1. The van der Waals surface area contributed by atoms with Crippen LogP contribution in [0.1, 0.15) is 29.6 Å². The summed E-state index contributed by atoms with van der Waals surface area (Å²) >= 11 is 7.66. The Morgan fingerprint density at radius 2 is 1.90 bits per heavy atom. The summed E-state index contributed by atoms with van der Waals surface area (Å²) in [6.07, 6.45) is 6.13. The number of hydrogen-bond acceptors (Lipinski definition) is 6. The standard InChI is InChI=1S/C21H19ClN6OS/c22-13-8-9-17-19(12-13)30-21(27-17)26-16-6-3-5-15(16)25-20(29)14-4-1-2-7-18(14)28-23-10-11-24-28/h1-2,4,7-12,15-16H,3,5-6H2,(H,25,29)(H,26,27)/t15-,16+/m1/s1. The molecule has 9 heteroatoms. The fourth-order valence-corrected chi connectivity index (χ4v) is 5.05. The number of carbonyl (C=O) groups is 1. The van der Waals surface area contributed by atoms with Gasteiger partial charge in [-0.2, -0.15) is 15.0 Å². The molecule has 2 aromatic heterocycles. The van der Waals surface area contributed by atoms with Gasteiger partial charge >= 0.3 is 0 Å². The van der Waals surface area contributed by atoms with Crippen LogP contribution >= 0.6 is 22.9 Å². The van der Waals surface area contributed by atoms with Crippen LogP contribution in [0.25, 0.3) is 15.9 Å². The summed E-state index contributed by atoms with van der Waals surface area (Å²) < 4.78 is 1.05. The summed E-state index contributed by atoms with van der Waals surface area (Å²) in [5.41, 5.74) is 2.13. The predicted molar refractivity (Wildman–Crippen MR) is 119 cm³/mol. The Morgan fingerprint density at radius 1 is 1.10 bits per heavy atom. The molecule has 2 atom stereocenters. The van der Waals surface area contributed by atoms with Crippen molar-refractivity contribution in [3.05, 3.63) is 65.4 Å². The van der Waals surface area contributed by atoms with Crippen molar-refractivity contribution in [1.29, 1.82) is 0 Å². The number of anilines is 1. The number of aromatic nitrogens is 4. The molecule has 2 aromatic carbocycles. The minimum atomic E-state index is -0.127. The van der Waals surface area contributed by atoms with Gasteiger partial charge in [-0.15, -0.1) is 0 Å². The van der Waals surface area contributed by atoms with Crippen molar-refractivity contribution in [2.75, 3.05) is 5.32 Å². The summed E-state index contributed by atoms with van der Waals surface area (Å²) in [4.78, 5) is 19.2. The number of rotatable bonds is 5. The second kappa shape index (κ2) is 8.04. The van der Waals surface area contributed by atoms with Crippen molar-refractivity contribution in [1.82, 2.24) is 25.3 Å². The molecule has 4 aromatic rings. The highest BCUT2D eigenvalue weighted by molar-refractivity contribution is 7.22. The van der Waals surface area contributed by atoms with Crippen LogP contribution in [0.3, 0.4) is 0 Å². The molecule has 1 fully saturated rings. The fraction of sp³-hybridized carbons (Fsp3) is 0.238. The lowest BCUT2D eigenvalue weighted by molar-refractivity contribution is 0.0935. The Balaban J connectivity index is 1.33. The zero-order valence-electron chi connectivity index (χ0n) is 16.0. The molecule has 30 heavy (non-hydrogen) atoms. The van der Waals surface area contributed by atoms with Gasteiger partial charge in [0.1, 0.15) is 0 Å². The topological polar surface area (TPSA) is 84.7 Å². The summed E-state index contributed by atoms with van der Waals surface area (Å²) in [6.45, 7) is 0. The maximum atomic E-state index is 13.1. The number of hydrogen-bond donors (Lipinski definition) is 2. The molecule has 0 saturated heterocycles. The second-order valence-corrected chi connectivity index (χ2v) is 8.70. The molecule has 0 bridgehead atoms. The Labute approximate surface area is 182 Å². The number of para-hydroxylation sites is 1. The molecule has 1 amide bonds. The quantitative estimate of drug-likeness (QED) is 0.485. The van der Waals surface area contributed by atoms with E-state index in [9.17, 15) is 4.79 Å². The molecule has 0 spiro atoms. The smallest absolute Gasteiger partial charge is 0.253 e. The van der Waals surface area contributed by atoms with Gasteiger partial charge in [0.2, 0.25) is 0 Å². The van der Waals surface area contributed by atoms with E-state index in [1.54, 1.807) is 29.8 Å². The maximum Gasteiger partial charge on any atom is 0.253 e. The molecule has 1 aliphatic carbocycles. The van der Waals surface area contributed by atoms with Crippen LogP contribution in [0, 0.1) is 0 Å². The molecule has 0 unspecified atom stereocenters. The molecule has 152 valence electrons. The largest absolute Gasteiger partial charge is 0.357 e. The lowest BCUT2D eigenvalue weighted by Crippen LogP contribution is -2.43. The third-order valence-electron chi connectivity index (χ3n) is 5.27. The number of benzene rings is 2. The fourth-order valence-electron chi connectivity index (χ4n) is 3.85. The van der Waals surface area contributed by atoms with Crippen LogP contribution in [0.4, 0.5) is 5.13 Å². The Hall–Kier alpha value is -2.97. The van der Waals surface area contributed by atoms with Gasteiger partial charge in [0.15, 0.2) is 5.13 Å². The molecule has 0 aliphatic heterocycles. The highest BCUT2D eigenvalue weighted by Gasteiger charge is 2.30. The minimum Gasteiger partial charge on any atom is -0.357 e. The minimum absolute atomic E-state index is 0.0201. The third kappa shape index (κ3) is 3.76. The normalized spacial score (nSPS) is 18.6. The van der Waals surface area contributed by atoms with E-state index in [0.717, 1.165) is 34.6 Å². The Bertz CT molecular complexity index is 1190. The third-order valence-corrected chi connectivity index (χ3v) is 6.46. The van der Waals surface area contributed by atoms with Crippen molar-refractivity contribution in [3.8, 4) is 5.69 Å². The second-order valence-electron chi connectivity index (χ2n) is 7.23. The average molecular weight is 439 g/mol. The van der Waals surface area contributed by atoms with Crippen LogP contribution < -0.4 is 10.6 Å². The van der Waals surface area contributed by atoms with Gasteiger partial charge in [-0.3, -0.25) is 4.79 Å². The molecular formula is C21H19ClN6OS. The Morgan fingerprint density at radius 3 is 2.77 bits per heavy atom. The summed E-state index contributed by atoms with van der Waals surface area (Å²) in [5.74, 6) is -0.127. The first-order valence-corrected chi connectivity index (χ1v) is 11.0. The van der Waals surface area contributed by atoms with Gasteiger partial charge in [0.05, 0.1) is 33.9 Å². The van der Waals surface area contributed by atoms with Gasteiger partial charge in [0.25, 0.3) is 5.91 Å². The van der Waals surface area contributed by atoms with Gasteiger partial charge in [0, 0.05) is 17.1 Å². The average Bonchev–Trinajstić information content (AvgIpc) is 3.49. The molecule has 5 rings (SSSR count). The number of carbonyl (C=O) groups excluding carboxylic acids is 1. The number of halogens is 1. The van der Waals surface area contributed by atoms with Crippen molar-refractivity contribution in [2.45, 2.75) is 31.3 Å². The summed E-state index contributed by atoms with van der Waals surface area (Å²) in [5, 5.41) is 16.6. The first kappa shape index (κ1) is 19.0. The van der Waals surface area contributed by atoms with Gasteiger partial charge in [-0.1, -0.05) is 35.1 Å². The summed E-state index contributed by atoms with van der Waals surface area (Å²) in [6, 6.07) is 13.2. The number of fused-ring (bicyclic) bond motifs is 1. The zero-order valence-corrected chi connectivity index (χ0v) is 17.5. The first-order chi connectivity index (χ1) is 14.7. The van der Waals surface area contributed by atoms with E-state index in [4.69, 9.17) is 11.6 Å². The maximum absolute atomic E-state index is 13.1. The molecule has 1 aliphatic rings. The van der Waals surface area contributed by atoms with Crippen molar-refractivity contribution in [2.24, 2.45) is 0 Å². The summed E-state index contributed by atoms with van der Waals surface area (Å²) in [7, 11) is 0. The number of nitrogens with one attached hydrogen (secondary N) is 2. The van der Waals surface area contributed by atoms with Gasteiger partial charge in [-0.05, 0) is 49.6 Å². The van der Waals surface area contributed by atoms with E-state index in [0.29, 0.717) is 16.3 Å². The van der Waals surface area contributed by atoms with Crippen LogP contribution in [0.15, 0.2) is 54.9 Å². The van der Waals surface area contributed by atoms with Crippen molar-refractivity contribution >= 4 is 44.2 Å². The van der Waals surface area contributed by atoms with E-state index in [2.05, 4.69) is 25.8 Å². The van der Waals surface area contributed by atoms with Crippen molar-refractivity contribution in [3.63, 3.8) is 0 Å². The number of amides is 1. The van der Waals surface area contributed by atoms with E-state index < -0.39 is 0 Å². The van der Waals surface area contributed by atoms with Crippen molar-refractivity contribution < 1.29 is 4.79 Å². The van der Waals surface area contributed by atoms with Gasteiger partial charge in [-0.25, -0.2) is 4.98 Å². The van der Waals surface area contributed by atoms with Gasteiger partial charge < -0.3 is 10.6 Å². The highest BCUT2D eigenvalue weighted by Crippen LogP contribution is 2.31. The lowest BCUT2D eigenvalue weighted by atomic mass is 10.1. The molecule has 7 nitrogen and oxygen atoms in total. The van der Waals surface area contributed by atoms with E-state index in [1.807, 2.05) is 36.4 Å². The zero-order chi connectivity index (χ0) is 20.5. The molecule has 2 heterocycles. The number of thiazole rings is 1. The Kier molecular flexibility index (Phi) is 5.10. The molecule has 1 saturated carbocycles. The van der Waals surface area contributed by atoms with Crippen LogP contribution in [0.2, 0.25) is 5.02 Å². The highest BCUT2D eigenvalue weighted by atomic mass is 35.5. The monoisotopic (exact) mass is 438 g/mol. The van der Waals surface area contributed by atoms with Crippen LogP contribution in [-0.4, -0.2) is 38.0 Å². The van der Waals surface area contributed by atoms with E-state index >= 15 is 0 Å². The first-order valence-electron chi connectivity index (χ1n) is 9.76. The molecular weight excluding hydrogens is 420 g/mol. The van der Waals surface area contributed by atoms with Crippen LogP contribution in [-0.2, 0) is 0 Å². The van der Waals surface area contributed by atoms with Crippen LogP contribution in [0.5, 0.6) is 0 Å². The molecule has 2 N–H and O–H groups in total. The molecule has 0 radical (unpaired) electrons. The lowest BCUT2D eigenvalue weighted by Gasteiger charge is -2.22. The number of nitrogens with zero attached hydrogens (tertiary/aromatic N) is 4.